The zero-order valence-corrected chi connectivity index (χ0v) is 17.8. The van der Waals surface area contributed by atoms with E-state index in [0.717, 1.165) is 16.9 Å². The average Bonchev–Trinajstić information content (AvgIpc) is 3.09. The summed E-state index contributed by atoms with van der Waals surface area (Å²) in [6.07, 6.45) is 0. The van der Waals surface area contributed by atoms with Gasteiger partial charge in [-0.3, -0.25) is 10.1 Å². The van der Waals surface area contributed by atoms with Crippen molar-refractivity contribution in [3.63, 3.8) is 0 Å². The SMILES string of the molecule is COc1ccc(NC(=O)c2sc(NC(=O)Nc3ccc(C)cc3)nc2C)cc1OC. The van der Waals surface area contributed by atoms with Crippen LogP contribution in [0.15, 0.2) is 42.5 Å². The number of carbonyl (C=O) groups is 2. The lowest BCUT2D eigenvalue weighted by Crippen LogP contribution is -2.19. The van der Waals surface area contributed by atoms with Crippen LogP contribution < -0.4 is 25.4 Å². The van der Waals surface area contributed by atoms with E-state index in [9.17, 15) is 9.59 Å². The molecule has 0 fully saturated rings. The summed E-state index contributed by atoms with van der Waals surface area (Å²) in [6.45, 7) is 3.68. The molecule has 3 aromatic rings. The molecule has 0 unspecified atom stereocenters. The average molecular weight is 426 g/mol. The first-order valence-electron chi connectivity index (χ1n) is 9.05. The molecule has 8 nitrogen and oxygen atoms in total. The number of ether oxygens (including phenoxy) is 2. The van der Waals surface area contributed by atoms with Crippen molar-refractivity contribution in [2.75, 3.05) is 30.2 Å². The van der Waals surface area contributed by atoms with Crippen LogP contribution in [0.3, 0.4) is 0 Å². The monoisotopic (exact) mass is 426 g/mol. The Hall–Kier alpha value is -3.59. The molecule has 0 bridgehead atoms. The fourth-order valence-corrected chi connectivity index (χ4v) is 3.52. The number of aromatic nitrogens is 1. The summed E-state index contributed by atoms with van der Waals surface area (Å²) in [4.78, 5) is 29.5. The lowest BCUT2D eigenvalue weighted by atomic mass is 10.2. The van der Waals surface area contributed by atoms with Crippen molar-refractivity contribution in [1.29, 1.82) is 0 Å². The van der Waals surface area contributed by atoms with E-state index < -0.39 is 6.03 Å². The van der Waals surface area contributed by atoms with Crippen molar-refractivity contribution in [2.24, 2.45) is 0 Å². The van der Waals surface area contributed by atoms with E-state index in [-0.39, 0.29) is 5.91 Å². The van der Waals surface area contributed by atoms with Crippen LogP contribution in [0.25, 0.3) is 0 Å². The number of carbonyl (C=O) groups excluding carboxylic acids is 2. The Labute approximate surface area is 178 Å². The number of benzene rings is 2. The molecule has 0 aliphatic carbocycles. The predicted molar refractivity (Wildman–Crippen MR) is 118 cm³/mol. The van der Waals surface area contributed by atoms with Gasteiger partial charge in [0.05, 0.1) is 19.9 Å². The minimum absolute atomic E-state index is 0.328. The second kappa shape index (κ2) is 9.27. The van der Waals surface area contributed by atoms with Gasteiger partial charge in [0, 0.05) is 17.4 Å². The van der Waals surface area contributed by atoms with Crippen LogP contribution in [0.4, 0.5) is 21.3 Å². The number of aryl methyl sites for hydroxylation is 2. The van der Waals surface area contributed by atoms with Crippen LogP contribution in [-0.2, 0) is 0 Å². The van der Waals surface area contributed by atoms with Gasteiger partial charge in [0.2, 0.25) is 0 Å². The van der Waals surface area contributed by atoms with E-state index in [1.165, 1.54) is 7.11 Å². The van der Waals surface area contributed by atoms with Crippen molar-refractivity contribution in [1.82, 2.24) is 4.98 Å². The molecule has 3 rings (SSSR count). The third kappa shape index (κ3) is 5.06. The first-order chi connectivity index (χ1) is 14.4. The van der Waals surface area contributed by atoms with Gasteiger partial charge in [-0.15, -0.1) is 0 Å². The summed E-state index contributed by atoms with van der Waals surface area (Å²) in [5.74, 6) is 0.742. The molecule has 0 atom stereocenters. The molecular formula is C21H22N4O4S. The third-order valence-corrected chi connectivity index (χ3v) is 5.25. The van der Waals surface area contributed by atoms with Gasteiger partial charge in [0.15, 0.2) is 16.6 Å². The van der Waals surface area contributed by atoms with E-state index in [1.807, 2.05) is 31.2 Å². The fourth-order valence-electron chi connectivity index (χ4n) is 2.66. The molecule has 0 radical (unpaired) electrons. The Morgan fingerprint density at radius 2 is 1.53 bits per heavy atom. The van der Waals surface area contributed by atoms with Gasteiger partial charge >= 0.3 is 6.03 Å². The van der Waals surface area contributed by atoms with Crippen molar-refractivity contribution >= 4 is 39.8 Å². The molecular weight excluding hydrogens is 404 g/mol. The van der Waals surface area contributed by atoms with Crippen molar-refractivity contribution in [3.8, 4) is 11.5 Å². The molecule has 0 aliphatic rings. The second-order valence-corrected chi connectivity index (χ2v) is 7.40. The molecule has 2 aromatic carbocycles. The maximum atomic E-state index is 12.7. The predicted octanol–water partition coefficient (Wildman–Crippen LogP) is 4.67. The van der Waals surface area contributed by atoms with Crippen LogP contribution in [0, 0.1) is 13.8 Å². The zero-order valence-electron chi connectivity index (χ0n) is 17.0. The first kappa shape index (κ1) is 21.1. The highest BCUT2D eigenvalue weighted by Gasteiger charge is 2.17. The van der Waals surface area contributed by atoms with E-state index >= 15 is 0 Å². The molecule has 156 valence electrons. The quantitative estimate of drug-likeness (QED) is 0.531. The van der Waals surface area contributed by atoms with Gasteiger partial charge in [-0.1, -0.05) is 29.0 Å². The largest absolute Gasteiger partial charge is 0.493 e. The molecule has 1 heterocycles. The van der Waals surface area contributed by atoms with Gasteiger partial charge < -0.3 is 20.1 Å². The Morgan fingerprint density at radius 1 is 0.867 bits per heavy atom. The van der Waals surface area contributed by atoms with E-state index in [1.54, 1.807) is 32.2 Å². The number of rotatable bonds is 6. The standard InChI is InChI=1S/C21H22N4O4S/c1-12-5-7-14(8-6-12)24-20(27)25-21-22-13(2)18(30-21)19(26)23-15-9-10-16(28-3)17(11-15)29-4/h5-11H,1-4H3,(H,23,26)(H2,22,24,25,27). The molecule has 3 amide bonds. The molecule has 0 aliphatic heterocycles. The third-order valence-electron chi connectivity index (χ3n) is 4.17. The Bertz CT molecular complexity index is 1060. The lowest BCUT2D eigenvalue weighted by molar-refractivity contribution is 0.102. The fraction of sp³-hybridized carbons (Fsp3) is 0.190. The highest BCUT2D eigenvalue weighted by atomic mass is 32.1. The molecule has 30 heavy (non-hydrogen) atoms. The van der Waals surface area contributed by atoms with Gasteiger partial charge in [-0.05, 0) is 38.1 Å². The molecule has 9 heteroatoms. The van der Waals surface area contributed by atoms with Crippen LogP contribution >= 0.6 is 11.3 Å². The zero-order chi connectivity index (χ0) is 21.7. The van der Waals surface area contributed by atoms with Gasteiger partial charge in [-0.25, -0.2) is 9.78 Å². The topological polar surface area (TPSA) is 102 Å². The smallest absolute Gasteiger partial charge is 0.325 e. The van der Waals surface area contributed by atoms with Crippen LogP contribution in [0.2, 0.25) is 0 Å². The van der Waals surface area contributed by atoms with Crippen LogP contribution in [-0.4, -0.2) is 31.1 Å². The van der Waals surface area contributed by atoms with Crippen molar-refractivity contribution in [2.45, 2.75) is 13.8 Å². The lowest BCUT2D eigenvalue weighted by Gasteiger charge is -2.10. The Kier molecular flexibility index (Phi) is 6.53. The minimum atomic E-state index is -0.431. The number of urea groups is 1. The molecule has 0 spiro atoms. The summed E-state index contributed by atoms with van der Waals surface area (Å²) in [7, 11) is 3.07. The van der Waals surface area contributed by atoms with E-state index in [2.05, 4.69) is 20.9 Å². The Balaban J connectivity index is 1.67. The number of nitrogens with zero attached hydrogens (tertiary/aromatic N) is 1. The molecule has 3 N–H and O–H groups in total. The van der Waals surface area contributed by atoms with Crippen LogP contribution in [0.1, 0.15) is 20.9 Å². The molecule has 0 saturated heterocycles. The number of nitrogens with one attached hydrogen (secondary N) is 3. The summed E-state index contributed by atoms with van der Waals surface area (Å²) >= 11 is 1.09. The highest BCUT2D eigenvalue weighted by Crippen LogP contribution is 2.30. The highest BCUT2D eigenvalue weighted by molar-refractivity contribution is 7.17. The summed E-state index contributed by atoms with van der Waals surface area (Å²) < 4.78 is 10.4. The molecule has 0 saturated carbocycles. The van der Waals surface area contributed by atoms with Crippen LogP contribution in [0.5, 0.6) is 11.5 Å². The summed E-state index contributed by atoms with van der Waals surface area (Å²) in [5.41, 5.74) is 2.83. The second-order valence-electron chi connectivity index (χ2n) is 6.40. The van der Waals surface area contributed by atoms with Gasteiger partial charge in [-0.2, -0.15) is 0 Å². The van der Waals surface area contributed by atoms with E-state index in [4.69, 9.17) is 9.47 Å². The summed E-state index contributed by atoms with van der Waals surface area (Å²) in [5, 5.41) is 8.52. The maximum absolute atomic E-state index is 12.7. The number of amides is 3. The maximum Gasteiger partial charge on any atom is 0.325 e. The van der Waals surface area contributed by atoms with Gasteiger partial charge in [0.25, 0.3) is 5.91 Å². The normalized spacial score (nSPS) is 10.3. The number of anilines is 3. The minimum Gasteiger partial charge on any atom is -0.493 e. The Morgan fingerprint density at radius 3 is 2.20 bits per heavy atom. The molecule has 1 aromatic heterocycles. The van der Waals surface area contributed by atoms with Gasteiger partial charge in [0.1, 0.15) is 4.88 Å². The number of hydrogen-bond donors (Lipinski definition) is 3. The van der Waals surface area contributed by atoms with Crippen molar-refractivity contribution in [3.05, 3.63) is 58.6 Å². The number of hydrogen-bond acceptors (Lipinski definition) is 6. The first-order valence-corrected chi connectivity index (χ1v) is 9.86. The van der Waals surface area contributed by atoms with Crippen molar-refractivity contribution < 1.29 is 19.1 Å². The van der Waals surface area contributed by atoms with E-state index in [0.29, 0.717) is 38.6 Å². The number of thiazole rings is 1. The summed E-state index contributed by atoms with van der Waals surface area (Å²) in [6, 6.07) is 12.1. The number of methoxy groups -OCH3 is 2.